The van der Waals surface area contributed by atoms with Crippen molar-refractivity contribution in [3.63, 3.8) is 0 Å². The molecule has 1 fully saturated rings. The summed E-state index contributed by atoms with van der Waals surface area (Å²) >= 11 is 0. The topological polar surface area (TPSA) is 58.1 Å². The summed E-state index contributed by atoms with van der Waals surface area (Å²) in [6.45, 7) is 2.26. The molecule has 0 saturated heterocycles. The van der Waals surface area contributed by atoms with Gasteiger partial charge in [-0.2, -0.15) is 0 Å². The maximum atomic E-state index is 11.7. The minimum absolute atomic E-state index is 0.117. The van der Waals surface area contributed by atoms with Crippen molar-refractivity contribution in [3.05, 3.63) is 17.8 Å². The van der Waals surface area contributed by atoms with Gasteiger partial charge in [-0.25, -0.2) is 0 Å². The number of aromatic nitrogens is 2. The monoisotopic (exact) mass is 290 g/mol. The lowest BCUT2D eigenvalue weighted by atomic mass is 9.83. The van der Waals surface area contributed by atoms with Crippen molar-refractivity contribution < 1.29 is 4.79 Å². The minimum Gasteiger partial charge on any atom is -0.366 e. The molecule has 1 N–H and O–H groups in total. The third-order valence-corrected chi connectivity index (χ3v) is 4.19. The molecule has 116 valence electrons. The maximum absolute atomic E-state index is 11.7. The zero-order chi connectivity index (χ0) is 15.2. The van der Waals surface area contributed by atoms with Crippen LogP contribution in [0.4, 0.5) is 5.82 Å². The molecule has 0 radical (unpaired) electrons. The largest absolute Gasteiger partial charge is 0.366 e. The van der Waals surface area contributed by atoms with Gasteiger partial charge in [0.1, 0.15) is 5.82 Å². The first-order valence-corrected chi connectivity index (χ1v) is 7.92. The molecule has 2 rings (SSSR count). The Morgan fingerprint density at radius 1 is 1.24 bits per heavy atom. The van der Waals surface area contributed by atoms with Crippen LogP contribution in [0.25, 0.3) is 0 Å². The maximum Gasteiger partial charge on any atom is 0.273 e. The lowest BCUT2D eigenvalue weighted by Gasteiger charge is -2.29. The first-order chi connectivity index (χ1) is 10.1. The predicted molar refractivity (Wildman–Crippen MR) is 84.3 cm³/mol. The molecule has 1 aromatic rings. The van der Waals surface area contributed by atoms with Crippen molar-refractivity contribution in [2.45, 2.75) is 51.5 Å². The van der Waals surface area contributed by atoms with Gasteiger partial charge in [0.2, 0.25) is 0 Å². The van der Waals surface area contributed by atoms with Gasteiger partial charge in [0.05, 0.1) is 0 Å². The fraction of sp³-hybridized carbons (Fsp3) is 0.688. The molecule has 0 aromatic carbocycles. The Kier molecular flexibility index (Phi) is 5.53. The van der Waals surface area contributed by atoms with Crippen molar-refractivity contribution in [1.29, 1.82) is 0 Å². The Labute approximate surface area is 127 Å². The molecule has 0 aliphatic heterocycles. The van der Waals surface area contributed by atoms with E-state index >= 15 is 0 Å². The van der Waals surface area contributed by atoms with E-state index in [0.717, 1.165) is 11.7 Å². The molecular weight excluding hydrogens is 264 g/mol. The third kappa shape index (κ3) is 4.41. The van der Waals surface area contributed by atoms with Gasteiger partial charge in [0.25, 0.3) is 5.91 Å². The van der Waals surface area contributed by atoms with Crippen LogP contribution in [0.1, 0.15) is 55.9 Å². The van der Waals surface area contributed by atoms with E-state index in [0.29, 0.717) is 11.7 Å². The van der Waals surface area contributed by atoms with Gasteiger partial charge in [-0.15, -0.1) is 10.2 Å². The summed E-state index contributed by atoms with van der Waals surface area (Å²) in [4.78, 5) is 13.3. The van der Waals surface area contributed by atoms with Crippen molar-refractivity contribution in [3.8, 4) is 0 Å². The van der Waals surface area contributed by atoms with E-state index in [9.17, 15) is 4.79 Å². The van der Waals surface area contributed by atoms with Crippen LogP contribution in [0.5, 0.6) is 0 Å². The number of anilines is 1. The molecule has 1 amide bonds. The van der Waals surface area contributed by atoms with Crippen molar-refractivity contribution in [2.24, 2.45) is 5.92 Å². The first-order valence-electron chi connectivity index (χ1n) is 7.92. The summed E-state index contributed by atoms with van der Waals surface area (Å²) in [5.74, 6) is 1.55. The Bertz CT molecular complexity index is 450. The van der Waals surface area contributed by atoms with Crippen LogP contribution < -0.4 is 5.32 Å². The summed E-state index contributed by atoms with van der Waals surface area (Å²) in [6.07, 6.45) is 7.64. The summed E-state index contributed by atoms with van der Waals surface area (Å²) in [6, 6.07) is 4.07. The molecule has 21 heavy (non-hydrogen) atoms. The Balaban J connectivity index is 1.85. The van der Waals surface area contributed by atoms with Crippen molar-refractivity contribution in [1.82, 2.24) is 15.1 Å². The highest BCUT2D eigenvalue weighted by Crippen LogP contribution is 2.29. The molecule has 0 atom stereocenters. The quantitative estimate of drug-likeness (QED) is 0.906. The van der Waals surface area contributed by atoms with E-state index in [1.54, 1.807) is 20.2 Å². The van der Waals surface area contributed by atoms with Crippen molar-refractivity contribution in [2.75, 3.05) is 19.4 Å². The highest BCUT2D eigenvalue weighted by molar-refractivity contribution is 5.91. The normalized spacial score (nSPS) is 21.9. The van der Waals surface area contributed by atoms with Gasteiger partial charge < -0.3 is 10.2 Å². The Morgan fingerprint density at radius 3 is 2.48 bits per heavy atom. The number of nitrogens with zero attached hydrogens (tertiary/aromatic N) is 3. The van der Waals surface area contributed by atoms with Gasteiger partial charge in [-0.1, -0.05) is 19.8 Å². The van der Waals surface area contributed by atoms with E-state index < -0.39 is 0 Å². The SMILES string of the molecule is CCCC1CCC(Nc2ccc(C(=O)N(C)C)nn2)CC1. The third-order valence-electron chi connectivity index (χ3n) is 4.19. The number of carbonyl (C=O) groups is 1. The fourth-order valence-electron chi connectivity index (χ4n) is 2.97. The van der Waals surface area contributed by atoms with E-state index in [1.165, 1.54) is 43.4 Å². The molecule has 1 heterocycles. The Morgan fingerprint density at radius 2 is 1.95 bits per heavy atom. The van der Waals surface area contributed by atoms with Crippen LogP contribution in [0, 0.1) is 5.92 Å². The van der Waals surface area contributed by atoms with E-state index in [2.05, 4.69) is 22.4 Å². The molecule has 1 aromatic heterocycles. The number of carbonyl (C=O) groups excluding carboxylic acids is 1. The predicted octanol–water partition coefficient (Wildman–Crippen LogP) is 2.95. The number of rotatable bonds is 5. The molecule has 1 aliphatic carbocycles. The van der Waals surface area contributed by atoms with Crippen LogP contribution in [-0.4, -0.2) is 41.1 Å². The zero-order valence-electron chi connectivity index (χ0n) is 13.3. The molecule has 5 nitrogen and oxygen atoms in total. The zero-order valence-corrected chi connectivity index (χ0v) is 13.3. The first kappa shape index (κ1) is 15.7. The smallest absolute Gasteiger partial charge is 0.273 e. The fourth-order valence-corrected chi connectivity index (χ4v) is 2.97. The highest BCUT2D eigenvalue weighted by atomic mass is 16.2. The summed E-state index contributed by atoms with van der Waals surface area (Å²) in [5, 5.41) is 11.6. The number of hydrogen-bond donors (Lipinski definition) is 1. The second-order valence-corrected chi connectivity index (χ2v) is 6.15. The molecule has 0 unspecified atom stereocenters. The highest BCUT2D eigenvalue weighted by Gasteiger charge is 2.20. The van der Waals surface area contributed by atoms with E-state index in [1.807, 2.05) is 6.07 Å². The number of amides is 1. The lowest BCUT2D eigenvalue weighted by molar-refractivity contribution is 0.0821. The van der Waals surface area contributed by atoms with Gasteiger partial charge in [0, 0.05) is 20.1 Å². The van der Waals surface area contributed by atoms with Gasteiger partial charge in [-0.3, -0.25) is 4.79 Å². The second kappa shape index (κ2) is 7.38. The van der Waals surface area contributed by atoms with Crippen molar-refractivity contribution >= 4 is 11.7 Å². The molecule has 1 saturated carbocycles. The van der Waals surface area contributed by atoms with Gasteiger partial charge in [0.15, 0.2) is 5.69 Å². The summed E-state index contributed by atoms with van der Waals surface area (Å²) < 4.78 is 0. The molecule has 1 aliphatic rings. The lowest BCUT2D eigenvalue weighted by Crippen LogP contribution is -2.27. The number of hydrogen-bond acceptors (Lipinski definition) is 4. The van der Waals surface area contributed by atoms with Crippen LogP contribution in [0.15, 0.2) is 12.1 Å². The molecule has 0 bridgehead atoms. The minimum atomic E-state index is -0.117. The number of nitrogens with one attached hydrogen (secondary N) is 1. The van der Waals surface area contributed by atoms with Gasteiger partial charge in [-0.05, 0) is 43.7 Å². The summed E-state index contributed by atoms with van der Waals surface area (Å²) in [5.41, 5.74) is 0.386. The second-order valence-electron chi connectivity index (χ2n) is 6.15. The molecular formula is C16H26N4O. The molecule has 5 heteroatoms. The van der Waals surface area contributed by atoms with Crippen LogP contribution in [-0.2, 0) is 0 Å². The van der Waals surface area contributed by atoms with Gasteiger partial charge >= 0.3 is 0 Å². The van der Waals surface area contributed by atoms with Crippen LogP contribution >= 0.6 is 0 Å². The van der Waals surface area contributed by atoms with E-state index in [4.69, 9.17) is 0 Å². The average Bonchev–Trinajstić information content (AvgIpc) is 2.49. The molecule has 0 spiro atoms. The van der Waals surface area contributed by atoms with Crippen LogP contribution in [0.2, 0.25) is 0 Å². The Hall–Kier alpha value is -1.65. The van der Waals surface area contributed by atoms with Crippen LogP contribution in [0.3, 0.4) is 0 Å². The standard InChI is InChI=1S/C16H26N4O/c1-4-5-12-6-8-13(9-7-12)17-15-11-10-14(18-19-15)16(21)20(2)3/h10-13H,4-9H2,1-3H3,(H,17,19). The summed E-state index contributed by atoms with van der Waals surface area (Å²) in [7, 11) is 3.43. The van der Waals surface area contributed by atoms with E-state index in [-0.39, 0.29) is 5.91 Å². The average molecular weight is 290 g/mol.